The fourth-order valence-corrected chi connectivity index (χ4v) is 1.55. The summed E-state index contributed by atoms with van der Waals surface area (Å²) < 4.78 is 5.24. The van der Waals surface area contributed by atoms with Crippen LogP contribution in [0.25, 0.3) is 0 Å². The van der Waals surface area contributed by atoms with Crippen molar-refractivity contribution in [2.75, 3.05) is 13.7 Å². The van der Waals surface area contributed by atoms with E-state index in [0.717, 1.165) is 6.42 Å². The monoisotopic (exact) mass is 235 g/mol. The molecule has 17 heavy (non-hydrogen) atoms. The lowest BCUT2D eigenvalue weighted by Crippen LogP contribution is -2.46. The summed E-state index contributed by atoms with van der Waals surface area (Å²) in [4.78, 5) is 11.9. The number of rotatable bonds is 6. The maximum absolute atomic E-state index is 11.9. The molecule has 0 saturated carbocycles. The van der Waals surface area contributed by atoms with Crippen LogP contribution in [-0.2, 0) is 16.0 Å². The second kappa shape index (κ2) is 6.40. The average molecular weight is 235 g/mol. The fourth-order valence-electron chi connectivity index (χ4n) is 1.55. The van der Waals surface area contributed by atoms with Crippen molar-refractivity contribution in [1.82, 2.24) is 5.32 Å². The molecule has 0 bridgehead atoms. The van der Waals surface area contributed by atoms with Crippen molar-refractivity contribution in [2.24, 2.45) is 0 Å². The zero-order valence-corrected chi connectivity index (χ0v) is 10.8. The molecule has 0 heterocycles. The Balaban J connectivity index is 2.39. The first-order chi connectivity index (χ1) is 8.12. The van der Waals surface area contributed by atoms with Gasteiger partial charge in [-0.25, -0.2) is 0 Å². The Morgan fingerprint density at radius 3 is 2.53 bits per heavy atom. The summed E-state index contributed by atoms with van der Waals surface area (Å²) in [5.41, 5.74) is 0.514. The number of carbonyl (C=O) groups excluding carboxylic acids is 1. The number of ether oxygens (including phenoxy) is 1. The van der Waals surface area contributed by atoms with Gasteiger partial charge in [0.15, 0.2) is 0 Å². The van der Waals surface area contributed by atoms with Crippen LogP contribution in [0.1, 0.15) is 25.8 Å². The van der Waals surface area contributed by atoms with E-state index in [4.69, 9.17) is 4.74 Å². The largest absolute Gasteiger partial charge is 0.369 e. The maximum Gasteiger partial charge on any atom is 0.251 e. The minimum Gasteiger partial charge on any atom is -0.369 e. The Labute approximate surface area is 103 Å². The summed E-state index contributed by atoms with van der Waals surface area (Å²) >= 11 is 0. The fraction of sp³-hybridized carbons (Fsp3) is 0.500. The predicted octanol–water partition coefficient (Wildman–Crippen LogP) is 2.16. The number of hydrogen-bond acceptors (Lipinski definition) is 2. The van der Waals surface area contributed by atoms with Gasteiger partial charge in [0.25, 0.3) is 5.91 Å². The van der Waals surface area contributed by atoms with Gasteiger partial charge in [0.05, 0.1) is 0 Å². The van der Waals surface area contributed by atoms with E-state index < -0.39 is 5.60 Å². The molecular weight excluding hydrogens is 214 g/mol. The quantitative estimate of drug-likeness (QED) is 0.820. The molecule has 0 aliphatic heterocycles. The highest BCUT2D eigenvalue weighted by molar-refractivity contribution is 5.84. The second-order valence-electron chi connectivity index (χ2n) is 4.28. The zero-order valence-electron chi connectivity index (χ0n) is 10.8. The van der Waals surface area contributed by atoms with Gasteiger partial charge in [-0.15, -0.1) is 0 Å². The summed E-state index contributed by atoms with van der Waals surface area (Å²) in [7, 11) is 1.57. The van der Waals surface area contributed by atoms with Crippen LogP contribution in [0.3, 0.4) is 0 Å². The topological polar surface area (TPSA) is 38.3 Å². The van der Waals surface area contributed by atoms with Gasteiger partial charge in [0, 0.05) is 13.7 Å². The molecule has 0 saturated heterocycles. The van der Waals surface area contributed by atoms with Crippen LogP contribution >= 0.6 is 0 Å². The number of methoxy groups -OCH3 is 1. The summed E-state index contributed by atoms with van der Waals surface area (Å²) in [5.74, 6) is -0.0431. The normalized spacial score (nSPS) is 14.1. The molecule has 3 nitrogen and oxygen atoms in total. The summed E-state index contributed by atoms with van der Waals surface area (Å²) in [6.45, 7) is 4.40. The van der Waals surface area contributed by atoms with Gasteiger partial charge in [-0.1, -0.05) is 37.3 Å². The molecule has 1 atom stereocenters. The first kappa shape index (κ1) is 13.7. The molecular formula is C14H21NO2. The highest BCUT2D eigenvalue weighted by atomic mass is 16.5. The first-order valence-electron chi connectivity index (χ1n) is 5.99. The molecule has 1 N–H and O–H groups in total. The molecule has 0 aliphatic carbocycles. The Morgan fingerprint density at radius 1 is 1.35 bits per heavy atom. The van der Waals surface area contributed by atoms with E-state index in [0.29, 0.717) is 13.0 Å². The van der Waals surface area contributed by atoms with E-state index in [-0.39, 0.29) is 5.91 Å². The van der Waals surface area contributed by atoms with Crippen LogP contribution in [-0.4, -0.2) is 25.2 Å². The van der Waals surface area contributed by atoms with Gasteiger partial charge < -0.3 is 10.1 Å². The van der Waals surface area contributed by atoms with Crippen LogP contribution in [0.2, 0.25) is 0 Å². The van der Waals surface area contributed by atoms with Crippen LogP contribution in [0.15, 0.2) is 30.3 Å². The maximum atomic E-state index is 11.9. The van der Waals surface area contributed by atoms with Gasteiger partial charge in [-0.05, 0) is 25.3 Å². The van der Waals surface area contributed by atoms with Crippen LogP contribution in [0.5, 0.6) is 0 Å². The molecule has 1 unspecified atom stereocenters. The number of carbonyl (C=O) groups is 1. The van der Waals surface area contributed by atoms with Crippen LogP contribution in [0.4, 0.5) is 0 Å². The van der Waals surface area contributed by atoms with E-state index >= 15 is 0 Å². The minimum atomic E-state index is -0.712. The SMILES string of the molecule is CCC(C)(OC)C(=O)NCCc1ccccc1. The molecule has 3 heteroatoms. The third-order valence-corrected chi connectivity index (χ3v) is 3.15. The van der Waals surface area contributed by atoms with Gasteiger partial charge in [0.1, 0.15) is 5.60 Å². The van der Waals surface area contributed by atoms with E-state index in [1.807, 2.05) is 32.0 Å². The van der Waals surface area contributed by atoms with Gasteiger partial charge in [0.2, 0.25) is 0 Å². The molecule has 1 amide bonds. The van der Waals surface area contributed by atoms with E-state index in [1.54, 1.807) is 7.11 Å². The Kier molecular flexibility index (Phi) is 5.16. The zero-order chi connectivity index (χ0) is 12.7. The lowest BCUT2D eigenvalue weighted by atomic mass is 10.0. The smallest absolute Gasteiger partial charge is 0.251 e. The van der Waals surface area contributed by atoms with E-state index in [1.165, 1.54) is 5.56 Å². The van der Waals surface area contributed by atoms with Crippen molar-refractivity contribution in [3.8, 4) is 0 Å². The molecule has 0 spiro atoms. The Morgan fingerprint density at radius 2 is 2.00 bits per heavy atom. The predicted molar refractivity (Wildman–Crippen MR) is 68.9 cm³/mol. The van der Waals surface area contributed by atoms with E-state index in [2.05, 4.69) is 17.4 Å². The van der Waals surface area contributed by atoms with Gasteiger partial charge in [-0.3, -0.25) is 4.79 Å². The van der Waals surface area contributed by atoms with Crippen LogP contribution in [0, 0.1) is 0 Å². The van der Waals surface area contributed by atoms with Crippen molar-refractivity contribution >= 4 is 5.91 Å². The third-order valence-electron chi connectivity index (χ3n) is 3.15. The lowest BCUT2D eigenvalue weighted by Gasteiger charge is -2.25. The minimum absolute atomic E-state index is 0.0431. The molecule has 94 valence electrons. The first-order valence-corrected chi connectivity index (χ1v) is 5.99. The molecule has 0 fully saturated rings. The summed E-state index contributed by atoms with van der Waals surface area (Å²) in [6.07, 6.45) is 1.51. The second-order valence-corrected chi connectivity index (χ2v) is 4.28. The van der Waals surface area contributed by atoms with Crippen molar-refractivity contribution in [2.45, 2.75) is 32.3 Å². The number of nitrogens with one attached hydrogen (secondary N) is 1. The average Bonchev–Trinajstić information content (AvgIpc) is 2.39. The summed E-state index contributed by atoms with van der Waals surface area (Å²) in [6, 6.07) is 10.1. The number of benzene rings is 1. The molecule has 0 aromatic heterocycles. The number of amides is 1. The number of hydrogen-bond donors (Lipinski definition) is 1. The molecule has 0 aliphatic rings. The lowest BCUT2D eigenvalue weighted by molar-refractivity contribution is -0.141. The Bertz CT molecular complexity index is 344. The standard InChI is InChI=1S/C14H21NO2/c1-4-14(2,17-3)13(16)15-11-10-12-8-6-5-7-9-12/h5-9H,4,10-11H2,1-3H3,(H,15,16). The highest BCUT2D eigenvalue weighted by Crippen LogP contribution is 2.13. The van der Waals surface area contributed by atoms with Crippen molar-refractivity contribution in [1.29, 1.82) is 0 Å². The molecule has 0 radical (unpaired) electrons. The Hall–Kier alpha value is -1.35. The third kappa shape index (κ3) is 3.86. The van der Waals surface area contributed by atoms with Crippen molar-refractivity contribution < 1.29 is 9.53 Å². The van der Waals surface area contributed by atoms with Crippen LogP contribution < -0.4 is 5.32 Å². The van der Waals surface area contributed by atoms with Crippen molar-refractivity contribution in [3.05, 3.63) is 35.9 Å². The van der Waals surface area contributed by atoms with E-state index in [9.17, 15) is 4.79 Å². The van der Waals surface area contributed by atoms with Gasteiger partial charge in [-0.2, -0.15) is 0 Å². The molecule has 1 rings (SSSR count). The van der Waals surface area contributed by atoms with Crippen molar-refractivity contribution in [3.63, 3.8) is 0 Å². The molecule has 1 aromatic carbocycles. The van der Waals surface area contributed by atoms with Gasteiger partial charge >= 0.3 is 0 Å². The summed E-state index contributed by atoms with van der Waals surface area (Å²) in [5, 5.41) is 2.91. The molecule has 1 aromatic rings. The highest BCUT2D eigenvalue weighted by Gasteiger charge is 2.30.